The Balaban J connectivity index is 1.52. The van der Waals surface area contributed by atoms with Crippen LogP contribution in [0.15, 0.2) is 73.3 Å². The Hall–Kier alpha value is -4.46. The molecule has 0 aliphatic carbocycles. The molecule has 0 unspecified atom stereocenters. The number of aromatic amines is 2. The molecule has 1 aromatic carbocycles. The number of rotatable bonds is 3. The number of imidazole rings is 1. The van der Waals surface area contributed by atoms with Gasteiger partial charge in [-0.15, -0.1) is 0 Å². The number of hydrogen-bond donors (Lipinski definition) is 2. The van der Waals surface area contributed by atoms with Crippen LogP contribution >= 0.6 is 0 Å². The summed E-state index contributed by atoms with van der Waals surface area (Å²) in [5.74, 6) is 0.249. The van der Waals surface area contributed by atoms with Gasteiger partial charge in [0.1, 0.15) is 11.3 Å². The van der Waals surface area contributed by atoms with Gasteiger partial charge in [-0.2, -0.15) is 5.10 Å². The maximum absolute atomic E-state index is 13.8. The summed E-state index contributed by atoms with van der Waals surface area (Å²) in [7, 11) is 0. The fourth-order valence-corrected chi connectivity index (χ4v) is 3.65. The molecule has 148 valence electrons. The summed E-state index contributed by atoms with van der Waals surface area (Å²) in [5.41, 5.74) is 6.67. The van der Waals surface area contributed by atoms with Gasteiger partial charge in [-0.1, -0.05) is 12.1 Å². The summed E-state index contributed by atoms with van der Waals surface area (Å²) in [6.45, 7) is 0. The van der Waals surface area contributed by atoms with E-state index in [0.29, 0.717) is 28.1 Å². The van der Waals surface area contributed by atoms with Gasteiger partial charge in [-0.25, -0.2) is 14.4 Å². The Morgan fingerprint density at radius 1 is 0.774 bits per heavy atom. The van der Waals surface area contributed by atoms with E-state index in [0.717, 1.165) is 27.9 Å². The van der Waals surface area contributed by atoms with Crippen molar-refractivity contribution >= 4 is 22.1 Å². The van der Waals surface area contributed by atoms with E-state index in [4.69, 9.17) is 9.97 Å². The van der Waals surface area contributed by atoms with Crippen molar-refractivity contribution in [1.29, 1.82) is 0 Å². The molecular formula is C23H14FN7. The monoisotopic (exact) mass is 407 g/mol. The molecule has 5 heterocycles. The number of halogens is 1. The summed E-state index contributed by atoms with van der Waals surface area (Å²) < 4.78 is 13.8. The topological polar surface area (TPSA) is 96.0 Å². The highest BCUT2D eigenvalue weighted by Gasteiger charge is 2.17. The Labute approximate surface area is 175 Å². The van der Waals surface area contributed by atoms with E-state index >= 15 is 0 Å². The molecule has 31 heavy (non-hydrogen) atoms. The van der Waals surface area contributed by atoms with Crippen molar-refractivity contribution in [2.24, 2.45) is 0 Å². The predicted octanol–water partition coefficient (Wildman–Crippen LogP) is 4.76. The molecule has 8 heteroatoms. The van der Waals surface area contributed by atoms with E-state index < -0.39 is 0 Å². The largest absolute Gasteiger partial charge is 0.335 e. The van der Waals surface area contributed by atoms with Gasteiger partial charge in [0, 0.05) is 29.7 Å². The number of nitrogens with one attached hydrogen (secondary N) is 2. The Morgan fingerprint density at radius 2 is 1.71 bits per heavy atom. The first kappa shape index (κ1) is 17.4. The fourth-order valence-electron chi connectivity index (χ4n) is 3.65. The molecule has 0 saturated heterocycles. The van der Waals surface area contributed by atoms with E-state index in [1.165, 1.54) is 12.1 Å². The smallest absolute Gasteiger partial charge is 0.161 e. The number of nitrogens with zero attached hydrogens (tertiary/aromatic N) is 5. The SMILES string of the molecule is Fc1cccc(-c2cncc3[nH]c(-c4n[nH]c5ccc(-c6cccnc6)nc45)nc23)c1. The summed E-state index contributed by atoms with van der Waals surface area (Å²) in [6, 6.07) is 14.1. The third-order valence-electron chi connectivity index (χ3n) is 5.12. The van der Waals surface area contributed by atoms with Gasteiger partial charge in [-0.05, 0) is 42.0 Å². The van der Waals surface area contributed by atoms with Gasteiger partial charge in [-0.3, -0.25) is 15.1 Å². The van der Waals surface area contributed by atoms with E-state index in [1.54, 1.807) is 30.9 Å². The van der Waals surface area contributed by atoms with Crippen LogP contribution < -0.4 is 0 Å². The molecule has 6 aromatic rings. The quantitative estimate of drug-likeness (QED) is 0.441. The highest BCUT2D eigenvalue weighted by molar-refractivity contribution is 5.95. The van der Waals surface area contributed by atoms with E-state index in [1.807, 2.05) is 30.3 Å². The molecule has 0 aliphatic heterocycles. The first-order valence-corrected chi connectivity index (χ1v) is 9.62. The minimum atomic E-state index is -0.310. The number of hydrogen-bond acceptors (Lipinski definition) is 5. The second-order valence-electron chi connectivity index (χ2n) is 7.09. The average molecular weight is 407 g/mol. The van der Waals surface area contributed by atoms with Crippen LogP contribution in [-0.4, -0.2) is 35.1 Å². The van der Waals surface area contributed by atoms with Crippen LogP contribution in [0.5, 0.6) is 0 Å². The van der Waals surface area contributed by atoms with Crippen molar-refractivity contribution in [3.05, 3.63) is 79.1 Å². The molecular weight excluding hydrogens is 393 g/mol. The summed E-state index contributed by atoms with van der Waals surface area (Å²) in [4.78, 5) is 21.3. The van der Waals surface area contributed by atoms with Gasteiger partial charge in [0.05, 0.1) is 28.4 Å². The molecule has 0 atom stereocenters. The molecule has 0 aliphatic rings. The van der Waals surface area contributed by atoms with Crippen molar-refractivity contribution < 1.29 is 4.39 Å². The van der Waals surface area contributed by atoms with Gasteiger partial charge in [0.15, 0.2) is 11.5 Å². The summed E-state index contributed by atoms with van der Waals surface area (Å²) in [6.07, 6.45) is 6.87. The van der Waals surface area contributed by atoms with Crippen LogP contribution in [-0.2, 0) is 0 Å². The maximum atomic E-state index is 13.8. The summed E-state index contributed by atoms with van der Waals surface area (Å²) in [5, 5.41) is 7.44. The van der Waals surface area contributed by atoms with E-state index in [9.17, 15) is 4.39 Å². The Kier molecular flexibility index (Phi) is 3.82. The van der Waals surface area contributed by atoms with Gasteiger partial charge >= 0.3 is 0 Å². The standard InChI is InChI=1S/C23H14FN7/c24-15-5-1-3-13(9-15)16-11-26-12-19-20(16)29-23(28-19)22-21-18(30-31-22)7-6-17(27-21)14-4-2-8-25-10-14/h1-12H,(H,28,29)(H,30,31). The number of aromatic nitrogens is 7. The Bertz CT molecular complexity index is 1550. The van der Waals surface area contributed by atoms with Crippen molar-refractivity contribution in [2.45, 2.75) is 0 Å². The van der Waals surface area contributed by atoms with Crippen LogP contribution in [0.2, 0.25) is 0 Å². The van der Waals surface area contributed by atoms with Crippen LogP contribution in [0, 0.1) is 5.82 Å². The molecule has 0 saturated carbocycles. The van der Waals surface area contributed by atoms with Crippen molar-refractivity contribution in [3.8, 4) is 33.9 Å². The molecule has 6 rings (SSSR count). The zero-order valence-electron chi connectivity index (χ0n) is 16.0. The molecule has 5 aromatic heterocycles. The zero-order chi connectivity index (χ0) is 20.8. The lowest BCUT2D eigenvalue weighted by Crippen LogP contribution is -1.87. The molecule has 0 radical (unpaired) electrons. The lowest BCUT2D eigenvalue weighted by molar-refractivity contribution is 0.628. The molecule has 0 amide bonds. The van der Waals surface area contributed by atoms with Gasteiger partial charge < -0.3 is 4.98 Å². The van der Waals surface area contributed by atoms with E-state index in [2.05, 4.69) is 25.1 Å². The molecule has 0 spiro atoms. The van der Waals surface area contributed by atoms with E-state index in [-0.39, 0.29) is 5.82 Å². The van der Waals surface area contributed by atoms with Crippen molar-refractivity contribution in [2.75, 3.05) is 0 Å². The first-order valence-electron chi connectivity index (χ1n) is 9.62. The number of H-pyrrole nitrogens is 2. The highest BCUT2D eigenvalue weighted by Crippen LogP contribution is 2.31. The van der Waals surface area contributed by atoms with Crippen LogP contribution in [0.4, 0.5) is 4.39 Å². The van der Waals surface area contributed by atoms with Crippen molar-refractivity contribution in [1.82, 2.24) is 35.1 Å². The number of benzene rings is 1. The van der Waals surface area contributed by atoms with Gasteiger partial charge in [0.25, 0.3) is 0 Å². The maximum Gasteiger partial charge on any atom is 0.161 e. The molecule has 2 N–H and O–H groups in total. The highest BCUT2D eigenvalue weighted by atomic mass is 19.1. The first-order chi connectivity index (χ1) is 15.3. The van der Waals surface area contributed by atoms with Crippen LogP contribution in [0.3, 0.4) is 0 Å². The van der Waals surface area contributed by atoms with Gasteiger partial charge in [0.2, 0.25) is 0 Å². The fraction of sp³-hybridized carbons (Fsp3) is 0. The second kappa shape index (κ2) is 6.81. The molecule has 0 fully saturated rings. The third-order valence-corrected chi connectivity index (χ3v) is 5.12. The minimum Gasteiger partial charge on any atom is -0.335 e. The van der Waals surface area contributed by atoms with Crippen LogP contribution in [0.25, 0.3) is 56.0 Å². The molecule has 7 nitrogen and oxygen atoms in total. The normalized spacial score (nSPS) is 11.4. The lowest BCUT2D eigenvalue weighted by atomic mass is 10.1. The summed E-state index contributed by atoms with van der Waals surface area (Å²) >= 11 is 0. The third kappa shape index (κ3) is 2.93. The lowest BCUT2D eigenvalue weighted by Gasteiger charge is -2.01. The Morgan fingerprint density at radius 3 is 2.58 bits per heavy atom. The number of pyridine rings is 3. The molecule has 0 bridgehead atoms. The average Bonchev–Trinajstić information content (AvgIpc) is 3.43. The van der Waals surface area contributed by atoms with Crippen molar-refractivity contribution in [3.63, 3.8) is 0 Å². The minimum absolute atomic E-state index is 0.310. The predicted molar refractivity (Wildman–Crippen MR) is 115 cm³/mol. The second-order valence-corrected chi connectivity index (χ2v) is 7.09. The van der Waals surface area contributed by atoms with Crippen LogP contribution in [0.1, 0.15) is 0 Å². The zero-order valence-corrected chi connectivity index (χ0v) is 16.0. The number of fused-ring (bicyclic) bond motifs is 2.